The molecule has 0 unspecified atom stereocenters. The summed E-state index contributed by atoms with van der Waals surface area (Å²) in [6.45, 7) is -0.00860. The Morgan fingerprint density at radius 3 is 2.90 bits per heavy atom. The van der Waals surface area contributed by atoms with Gasteiger partial charge in [0.2, 0.25) is 5.13 Å². The van der Waals surface area contributed by atoms with Gasteiger partial charge in [0.05, 0.1) is 10.0 Å². The Hall–Kier alpha value is -0.860. The van der Waals surface area contributed by atoms with Gasteiger partial charge in [0, 0.05) is 12.9 Å². The van der Waals surface area contributed by atoms with Crippen molar-refractivity contribution < 1.29 is 9.53 Å². The van der Waals surface area contributed by atoms with Crippen molar-refractivity contribution in [3.8, 4) is 0 Å². The van der Waals surface area contributed by atoms with Crippen molar-refractivity contribution in [1.82, 2.24) is 10.2 Å². The molecule has 1 aromatic heterocycles. The normalized spacial score (nSPS) is 10.6. The number of carbonyl (C=O) groups excluding carboxylic acids is 1. The molecule has 0 saturated carbocycles. The van der Waals surface area contributed by atoms with Crippen LogP contribution in [-0.4, -0.2) is 29.8 Å². The number of ether oxygens (including phenoxy) is 1. The summed E-state index contributed by atoms with van der Waals surface area (Å²) in [7, 11) is 1.46. The van der Waals surface area contributed by atoms with Crippen molar-refractivity contribution in [1.29, 1.82) is 0 Å². The van der Waals surface area contributed by atoms with E-state index in [0.29, 0.717) is 20.9 Å². The zero-order valence-electron chi connectivity index (χ0n) is 10.9. The summed E-state index contributed by atoms with van der Waals surface area (Å²) < 4.78 is 5.48. The molecule has 0 aliphatic rings. The first-order valence-electron chi connectivity index (χ1n) is 5.77. The Bertz CT molecular complexity index is 637. The fourth-order valence-electron chi connectivity index (χ4n) is 1.38. The second kappa shape index (κ2) is 7.95. The third kappa shape index (κ3) is 5.12. The molecule has 21 heavy (non-hydrogen) atoms. The van der Waals surface area contributed by atoms with Gasteiger partial charge in [0.25, 0.3) is 5.91 Å². The Kier molecular flexibility index (Phi) is 6.25. The molecule has 0 spiro atoms. The second-order valence-electron chi connectivity index (χ2n) is 3.89. The predicted octanol–water partition coefficient (Wildman–Crippen LogP) is 3.72. The molecule has 0 atom stereocenters. The Labute approximate surface area is 140 Å². The summed E-state index contributed by atoms with van der Waals surface area (Å²) in [6.07, 6.45) is 0. The van der Waals surface area contributed by atoms with Gasteiger partial charge in [-0.1, -0.05) is 52.4 Å². The maximum Gasteiger partial charge on any atom is 0.252 e. The maximum atomic E-state index is 11.3. The Morgan fingerprint density at radius 2 is 2.19 bits per heavy atom. The van der Waals surface area contributed by atoms with E-state index >= 15 is 0 Å². The van der Waals surface area contributed by atoms with Gasteiger partial charge >= 0.3 is 0 Å². The molecule has 0 bridgehead atoms. The minimum Gasteiger partial charge on any atom is -0.375 e. The van der Waals surface area contributed by atoms with Crippen molar-refractivity contribution in [3.05, 3.63) is 33.8 Å². The molecule has 5 nitrogen and oxygen atoms in total. The lowest BCUT2D eigenvalue weighted by molar-refractivity contribution is -0.119. The third-order valence-corrected chi connectivity index (χ3v) is 5.06. The van der Waals surface area contributed by atoms with Crippen molar-refractivity contribution in [3.63, 3.8) is 0 Å². The highest BCUT2D eigenvalue weighted by Gasteiger charge is 2.09. The van der Waals surface area contributed by atoms with Gasteiger partial charge in [0.1, 0.15) is 6.61 Å². The molecular weight excluding hydrogens is 353 g/mol. The Morgan fingerprint density at radius 1 is 1.38 bits per heavy atom. The molecule has 0 aliphatic carbocycles. The Balaban J connectivity index is 1.90. The van der Waals surface area contributed by atoms with E-state index in [1.807, 2.05) is 12.1 Å². The number of benzene rings is 1. The molecule has 1 N–H and O–H groups in total. The zero-order valence-corrected chi connectivity index (χ0v) is 14.1. The number of methoxy groups -OCH3 is 1. The van der Waals surface area contributed by atoms with Crippen molar-refractivity contribution >= 4 is 57.3 Å². The van der Waals surface area contributed by atoms with Crippen LogP contribution in [-0.2, 0) is 15.3 Å². The van der Waals surface area contributed by atoms with Crippen LogP contribution in [0.2, 0.25) is 10.0 Å². The molecule has 1 amide bonds. The van der Waals surface area contributed by atoms with Crippen molar-refractivity contribution in [2.75, 3.05) is 19.0 Å². The number of nitrogens with zero attached hydrogens (tertiary/aromatic N) is 2. The SMILES string of the molecule is COCC(=O)Nc1nnc(SCc2ccc(Cl)c(Cl)c2)s1. The average Bonchev–Trinajstić information content (AvgIpc) is 2.88. The summed E-state index contributed by atoms with van der Waals surface area (Å²) >= 11 is 14.6. The van der Waals surface area contributed by atoms with Crippen LogP contribution >= 0.6 is 46.3 Å². The lowest BCUT2D eigenvalue weighted by atomic mass is 10.2. The van der Waals surface area contributed by atoms with Crippen LogP contribution in [0.1, 0.15) is 5.56 Å². The number of rotatable bonds is 6. The van der Waals surface area contributed by atoms with Gasteiger partial charge in [-0.15, -0.1) is 10.2 Å². The first kappa shape index (κ1) is 16.5. The van der Waals surface area contributed by atoms with Gasteiger partial charge in [-0.3, -0.25) is 10.1 Å². The van der Waals surface area contributed by atoms with Gasteiger partial charge in [0.15, 0.2) is 4.34 Å². The van der Waals surface area contributed by atoms with E-state index in [4.69, 9.17) is 27.9 Å². The van der Waals surface area contributed by atoms with Gasteiger partial charge < -0.3 is 4.74 Å². The quantitative estimate of drug-likeness (QED) is 0.625. The minimum atomic E-state index is -0.255. The molecule has 0 saturated heterocycles. The van der Waals surface area contributed by atoms with Crippen LogP contribution in [0.5, 0.6) is 0 Å². The largest absolute Gasteiger partial charge is 0.375 e. The highest BCUT2D eigenvalue weighted by atomic mass is 35.5. The van der Waals surface area contributed by atoms with Crippen molar-refractivity contribution in [2.45, 2.75) is 10.1 Å². The average molecular weight is 364 g/mol. The van der Waals surface area contributed by atoms with E-state index < -0.39 is 0 Å². The monoisotopic (exact) mass is 363 g/mol. The predicted molar refractivity (Wildman–Crippen MR) is 86.4 cm³/mol. The van der Waals surface area contributed by atoms with Crippen LogP contribution in [0.3, 0.4) is 0 Å². The fourth-order valence-corrected chi connectivity index (χ4v) is 3.41. The second-order valence-corrected chi connectivity index (χ2v) is 6.91. The molecule has 112 valence electrons. The molecule has 1 aromatic carbocycles. The number of hydrogen-bond donors (Lipinski definition) is 1. The highest BCUT2D eigenvalue weighted by Crippen LogP contribution is 2.30. The molecule has 0 aliphatic heterocycles. The molecule has 9 heteroatoms. The smallest absolute Gasteiger partial charge is 0.252 e. The van der Waals surface area contributed by atoms with E-state index in [1.54, 1.807) is 6.07 Å². The van der Waals surface area contributed by atoms with Crippen LogP contribution in [0.4, 0.5) is 5.13 Å². The number of anilines is 1. The van der Waals surface area contributed by atoms with Gasteiger partial charge in [-0.05, 0) is 17.7 Å². The van der Waals surface area contributed by atoms with Gasteiger partial charge in [-0.2, -0.15) is 0 Å². The van der Waals surface area contributed by atoms with Crippen molar-refractivity contribution in [2.24, 2.45) is 0 Å². The van der Waals surface area contributed by atoms with Gasteiger partial charge in [-0.25, -0.2) is 0 Å². The van der Waals surface area contributed by atoms with E-state index in [-0.39, 0.29) is 12.5 Å². The summed E-state index contributed by atoms with van der Waals surface area (Å²) in [6, 6.07) is 5.49. The standard InChI is InChI=1S/C12H11Cl2N3O2S2/c1-19-5-10(18)15-11-16-17-12(21-11)20-6-7-2-3-8(13)9(14)4-7/h2-4H,5-6H2,1H3,(H,15,16,18). The lowest BCUT2D eigenvalue weighted by Crippen LogP contribution is -2.16. The number of nitrogens with one attached hydrogen (secondary N) is 1. The lowest BCUT2D eigenvalue weighted by Gasteiger charge is -2.01. The molecule has 1 heterocycles. The van der Waals surface area contributed by atoms with E-state index in [9.17, 15) is 4.79 Å². The van der Waals surface area contributed by atoms with E-state index in [2.05, 4.69) is 15.5 Å². The molecule has 2 rings (SSSR count). The molecule has 0 radical (unpaired) electrons. The van der Waals surface area contributed by atoms with Crippen LogP contribution < -0.4 is 5.32 Å². The van der Waals surface area contributed by atoms with Crippen LogP contribution in [0.15, 0.2) is 22.5 Å². The summed E-state index contributed by atoms with van der Waals surface area (Å²) in [5.74, 6) is 0.437. The maximum absolute atomic E-state index is 11.3. The number of aromatic nitrogens is 2. The summed E-state index contributed by atoms with van der Waals surface area (Å²) in [4.78, 5) is 11.3. The van der Waals surface area contributed by atoms with Crippen LogP contribution in [0, 0.1) is 0 Å². The fraction of sp³-hybridized carbons (Fsp3) is 0.250. The van der Waals surface area contributed by atoms with Crippen LogP contribution in [0.25, 0.3) is 0 Å². The topological polar surface area (TPSA) is 64.1 Å². The first-order chi connectivity index (χ1) is 10.1. The van der Waals surface area contributed by atoms with E-state index in [1.165, 1.54) is 30.2 Å². The summed E-state index contributed by atoms with van der Waals surface area (Å²) in [5, 5.41) is 12.0. The number of carbonyl (C=O) groups is 1. The molecular formula is C12H11Cl2N3O2S2. The minimum absolute atomic E-state index is 0.00860. The number of thioether (sulfide) groups is 1. The molecule has 0 fully saturated rings. The molecule has 2 aromatic rings. The third-order valence-electron chi connectivity index (χ3n) is 2.27. The first-order valence-corrected chi connectivity index (χ1v) is 8.33. The number of amides is 1. The number of halogens is 2. The van der Waals surface area contributed by atoms with E-state index in [0.717, 1.165) is 9.90 Å². The summed E-state index contributed by atoms with van der Waals surface area (Å²) in [5.41, 5.74) is 1.04. The highest BCUT2D eigenvalue weighted by molar-refractivity contribution is 8.00. The zero-order chi connectivity index (χ0) is 15.2. The number of hydrogen-bond acceptors (Lipinski definition) is 6.